The maximum atomic E-state index is 13.3. The molecule has 2 aliphatic rings. The van der Waals surface area contributed by atoms with Gasteiger partial charge in [0, 0.05) is 42.3 Å². The van der Waals surface area contributed by atoms with Crippen LogP contribution in [0.15, 0.2) is 24.3 Å². The highest BCUT2D eigenvalue weighted by atomic mass is 16.2. The molecule has 4 rings (SSSR count). The first-order valence-electron chi connectivity index (χ1n) is 11.6. The molecule has 0 bridgehead atoms. The highest BCUT2D eigenvalue weighted by Crippen LogP contribution is 2.29. The number of nitrogens with zero attached hydrogens (tertiary/aromatic N) is 3. The first kappa shape index (κ1) is 22.8. The Morgan fingerprint density at radius 3 is 2.67 bits per heavy atom. The quantitative estimate of drug-likeness (QED) is 0.411. The number of hydrogen-bond donors (Lipinski definition) is 3. The zero-order chi connectivity index (χ0) is 23.7. The number of carbonyl (C=O) groups is 3. The highest BCUT2D eigenvalue weighted by Gasteiger charge is 2.41. The van der Waals surface area contributed by atoms with Gasteiger partial charge in [0.15, 0.2) is 0 Å². The number of likely N-dealkylation sites (tertiary alicyclic amines) is 2. The Hall–Kier alpha value is -3.36. The van der Waals surface area contributed by atoms with Gasteiger partial charge in [0.1, 0.15) is 18.4 Å². The van der Waals surface area contributed by atoms with Gasteiger partial charge in [-0.1, -0.05) is 12.1 Å². The number of nitrogen functional groups attached to an aromatic ring is 1. The van der Waals surface area contributed by atoms with Crippen LogP contribution in [0.1, 0.15) is 50.3 Å². The van der Waals surface area contributed by atoms with Crippen LogP contribution in [0.5, 0.6) is 0 Å². The van der Waals surface area contributed by atoms with Gasteiger partial charge in [0.05, 0.1) is 0 Å². The summed E-state index contributed by atoms with van der Waals surface area (Å²) < 4.78 is 2.24. The van der Waals surface area contributed by atoms with Crippen molar-refractivity contribution in [2.75, 3.05) is 13.1 Å². The van der Waals surface area contributed by atoms with E-state index in [-0.39, 0.29) is 36.7 Å². The molecule has 2 aliphatic heterocycles. The fourth-order valence-electron chi connectivity index (χ4n) is 5.35. The van der Waals surface area contributed by atoms with E-state index in [0.717, 1.165) is 43.1 Å². The van der Waals surface area contributed by atoms with E-state index in [0.29, 0.717) is 18.5 Å². The van der Waals surface area contributed by atoms with Crippen molar-refractivity contribution in [1.29, 1.82) is 5.41 Å². The Labute approximate surface area is 193 Å². The van der Waals surface area contributed by atoms with Gasteiger partial charge in [0.25, 0.3) is 0 Å². The molecule has 0 saturated carbocycles. The summed E-state index contributed by atoms with van der Waals surface area (Å²) in [6.07, 6.45) is 4.24. The van der Waals surface area contributed by atoms with Crippen molar-refractivity contribution >= 4 is 34.5 Å². The number of amides is 3. The number of nitrogens with two attached hydrogens (primary N) is 2. The topological polar surface area (TPSA) is 139 Å². The van der Waals surface area contributed by atoms with E-state index >= 15 is 0 Å². The van der Waals surface area contributed by atoms with E-state index in [4.69, 9.17) is 16.9 Å². The van der Waals surface area contributed by atoms with Crippen molar-refractivity contribution in [3.63, 3.8) is 0 Å². The second kappa shape index (κ2) is 9.25. The van der Waals surface area contributed by atoms with Crippen LogP contribution in [0, 0.1) is 5.41 Å². The van der Waals surface area contributed by atoms with Crippen LogP contribution in [-0.4, -0.2) is 63.1 Å². The molecule has 5 N–H and O–H groups in total. The summed E-state index contributed by atoms with van der Waals surface area (Å²) in [5, 5.41) is 8.83. The minimum Gasteiger partial charge on any atom is -0.384 e. The zero-order valence-corrected chi connectivity index (χ0v) is 19.0. The summed E-state index contributed by atoms with van der Waals surface area (Å²) in [6, 6.07) is 7.52. The lowest BCUT2D eigenvalue weighted by atomic mass is 10.1. The summed E-state index contributed by atoms with van der Waals surface area (Å²) in [5.41, 5.74) is 13.9. The van der Waals surface area contributed by atoms with Gasteiger partial charge in [-0.25, -0.2) is 0 Å². The number of fused-ring (bicyclic) bond motifs is 1. The van der Waals surface area contributed by atoms with E-state index in [2.05, 4.69) is 17.6 Å². The summed E-state index contributed by atoms with van der Waals surface area (Å²) in [6.45, 7) is 3.38. The lowest BCUT2D eigenvalue weighted by molar-refractivity contribution is -0.143. The normalized spacial score (nSPS) is 20.7. The third-order valence-electron chi connectivity index (χ3n) is 6.95. The van der Waals surface area contributed by atoms with E-state index in [1.54, 1.807) is 0 Å². The van der Waals surface area contributed by atoms with Crippen LogP contribution in [-0.2, 0) is 27.3 Å². The number of rotatable bonds is 8. The number of nitrogens with one attached hydrogen (secondary N) is 1. The summed E-state index contributed by atoms with van der Waals surface area (Å²) in [7, 11) is 0. The van der Waals surface area contributed by atoms with Crippen molar-refractivity contribution in [2.24, 2.45) is 11.5 Å². The molecule has 2 unspecified atom stereocenters. The zero-order valence-electron chi connectivity index (χ0n) is 19.0. The SMILES string of the molecule is CCn1c(CCC2CCCN2C(=O)C2CCC(=O)N2CC(N)=O)cc2ccc(C(=N)N)cc21. The van der Waals surface area contributed by atoms with Gasteiger partial charge in [-0.15, -0.1) is 0 Å². The van der Waals surface area contributed by atoms with Crippen LogP contribution in [0.2, 0.25) is 0 Å². The molecular weight excluding hydrogens is 420 g/mol. The molecule has 176 valence electrons. The smallest absolute Gasteiger partial charge is 0.245 e. The lowest BCUT2D eigenvalue weighted by Gasteiger charge is -2.31. The fraction of sp³-hybridized carbons (Fsp3) is 0.500. The molecule has 9 heteroatoms. The number of carbonyl (C=O) groups excluding carboxylic acids is 3. The molecule has 0 radical (unpaired) electrons. The van der Waals surface area contributed by atoms with Gasteiger partial charge in [-0.3, -0.25) is 19.8 Å². The van der Waals surface area contributed by atoms with Crippen molar-refractivity contribution < 1.29 is 14.4 Å². The maximum Gasteiger partial charge on any atom is 0.245 e. The first-order chi connectivity index (χ1) is 15.8. The summed E-state index contributed by atoms with van der Waals surface area (Å²) in [4.78, 5) is 40.1. The molecule has 2 saturated heterocycles. The predicted molar refractivity (Wildman–Crippen MR) is 126 cm³/mol. The molecule has 9 nitrogen and oxygen atoms in total. The Morgan fingerprint density at radius 2 is 1.97 bits per heavy atom. The van der Waals surface area contributed by atoms with Gasteiger partial charge in [-0.2, -0.15) is 0 Å². The molecule has 1 aromatic heterocycles. The standard InChI is InChI=1S/C24H32N6O3/c1-2-28-18(12-15-5-6-16(23(26)27)13-20(15)28)8-7-17-4-3-11-29(17)24(33)19-9-10-22(32)30(19)14-21(25)31/h5-6,12-13,17,19H,2-4,7-11,14H2,1H3,(H2,25,31)(H3,26,27). The van der Waals surface area contributed by atoms with Crippen molar-refractivity contribution in [3.8, 4) is 0 Å². The van der Waals surface area contributed by atoms with E-state index in [1.165, 1.54) is 10.6 Å². The summed E-state index contributed by atoms with van der Waals surface area (Å²) in [5.74, 6) is -0.786. The average Bonchev–Trinajstić information content (AvgIpc) is 3.48. The number of amidine groups is 1. The van der Waals surface area contributed by atoms with E-state index in [1.807, 2.05) is 23.1 Å². The van der Waals surface area contributed by atoms with Crippen molar-refractivity contribution in [1.82, 2.24) is 14.4 Å². The van der Waals surface area contributed by atoms with Crippen molar-refractivity contribution in [2.45, 2.75) is 64.1 Å². The minimum absolute atomic E-state index is 0.0539. The van der Waals surface area contributed by atoms with Crippen LogP contribution in [0.25, 0.3) is 10.9 Å². The monoisotopic (exact) mass is 452 g/mol. The second-order valence-electron chi connectivity index (χ2n) is 8.98. The molecule has 3 heterocycles. The molecule has 33 heavy (non-hydrogen) atoms. The van der Waals surface area contributed by atoms with Crippen LogP contribution >= 0.6 is 0 Å². The largest absolute Gasteiger partial charge is 0.384 e. The van der Waals surface area contributed by atoms with Gasteiger partial charge >= 0.3 is 0 Å². The Bertz CT molecular complexity index is 1110. The molecule has 2 fully saturated rings. The van der Waals surface area contributed by atoms with E-state index < -0.39 is 11.9 Å². The van der Waals surface area contributed by atoms with Crippen molar-refractivity contribution in [3.05, 3.63) is 35.5 Å². The van der Waals surface area contributed by atoms with Crippen LogP contribution in [0.4, 0.5) is 0 Å². The highest BCUT2D eigenvalue weighted by molar-refractivity contribution is 5.98. The third-order valence-corrected chi connectivity index (χ3v) is 6.95. The molecule has 2 atom stereocenters. The minimum atomic E-state index is -0.596. The molecule has 0 aliphatic carbocycles. The molecule has 1 aromatic carbocycles. The average molecular weight is 453 g/mol. The Balaban J connectivity index is 1.48. The number of aryl methyl sites for hydroxylation is 2. The second-order valence-corrected chi connectivity index (χ2v) is 8.98. The molecule has 0 spiro atoms. The van der Waals surface area contributed by atoms with Gasteiger partial charge < -0.3 is 25.8 Å². The summed E-state index contributed by atoms with van der Waals surface area (Å²) >= 11 is 0. The molecular formula is C24H32N6O3. The van der Waals surface area contributed by atoms with Crippen LogP contribution < -0.4 is 11.5 Å². The number of benzene rings is 1. The first-order valence-corrected chi connectivity index (χ1v) is 11.6. The number of aromatic nitrogens is 1. The fourth-order valence-corrected chi connectivity index (χ4v) is 5.35. The third kappa shape index (κ3) is 4.44. The van der Waals surface area contributed by atoms with Crippen LogP contribution in [0.3, 0.4) is 0 Å². The molecule has 3 amide bonds. The number of primary amides is 1. The lowest BCUT2D eigenvalue weighted by Crippen LogP contribution is -2.50. The predicted octanol–water partition coefficient (Wildman–Crippen LogP) is 1.35. The van der Waals surface area contributed by atoms with Gasteiger partial charge in [-0.05, 0) is 56.5 Å². The molecule has 2 aromatic rings. The Morgan fingerprint density at radius 1 is 1.18 bits per heavy atom. The van der Waals surface area contributed by atoms with Gasteiger partial charge in [0.2, 0.25) is 17.7 Å². The van der Waals surface area contributed by atoms with E-state index in [9.17, 15) is 14.4 Å². The number of hydrogen-bond acceptors (Lipinski definition) is 4. The Kier molecular flexibility index (Phi) is 6.40. The maximum absolute atomic E-state index is 13.3.